The fourth-order valence-electron chi connectivity index (χ4n) is 5.00. The van der Waals surface area contributed by atoms with Crippen molar-refractivity contribution in [3.8, 4) is 5.69 Å². The van der Waals surface area contributed by atoms with Gasteiger partial charge in [0.05, 0.1) is 11.3 Å². The number of carboxylic acid groups (broad SMARTS) is 1. The first-order chi connectivity index (χ1) is 19.5. The van der Waals surface area contributed by atoms with Crippen LogP contribution in [0.5, 0.6) is 0 Å². The van der Waals surface area contributed by atoms with Crippen molar-refractivity contribution in [1.29, 1.82) is 0 Å². The largest absolute Gasteiger partial charge is 0.476 e. The van der Waals surface area contributed by atoms with Crippen LogP contribution in [0.4, 0.5) is 23.4 Å². The van der Waals surface area contributed by atoms with Gasteiger partial charge in [0.15, 0.2) is 5.69 Å². The van der Waals surface area contributed by atoms with Gasteiger partial charge in [-0.25, -0.2) is 13.9 Å². The Bertz CT molecular complexity index is 1640. The predicted octanol–water partition coefficient (Wildman–Crippen LogP) is 5.03. The Balaban J connectivity index is 1.70. The monoisotopic (exact) mass is 566 g/mol. The number of amides is 2. The minimum Gasteiger partial charge on any atom is -0.476 e. The summed E-state index contributed by atoms with van der Waals surface area (Å²) in [6.45, 7) is 1.70. The molecule has 1 aromatic heterocycles. The number of aromatic nitrogens is 2. The van der Waals surface area contributed by atoms with Gasteiger partial charge in [0, 0.05) is 23.6 Å². The fraction of sp³-hybridized carbons (Fsp3) is 0.172. The van der Waals surface area contributed by atoms with E-state index in [9.17, 15) is 37.1 Å². The molecule has 0 saturated heterocycles. The van der Waals surface area contributed by atoms with E-state index in [-0.39, 0.29) is 23.5 Å². The zero-order valence-electron chi connectivity index (χ0n) is 21.4. The number of alkyl halides is 3. The second kappa shape index (κ2) is 10.5. The molecule has 2 N–H and O–H groups in total. The molecular formula is C29H22F4N4O4. The van der Waals surface area contributed by atoms with Crippen molar-refractivity contribution in [2.75, 3.05) is 11.4 Å². The molecule has 8 nitrogen and oxygen atoms in total. The van der Waals surface area contributed by atoms with Gasteiger partial charge in [0.25, 0.3) is 11.8 Å². The summed E-state index contributed by atoms with van der Waals surface area (Å²) >= 11 is 0. The van der Waals surface area contributed by atoms with Crippen LogP contribution in [0.3, 0.4) is 0 Å². The number of hydrogen-bond donors (Lipinski definition) is 2. The van der Waals surface area contributed by atoms with E-state index in [2.05, 4.69) is 10.4 Å². The summed E-state index contributed by atoms with van der Waals surface area (Å²) in [5.41, 5.74) is -0.957. The van der Waals surface area contributed by atoms with Crippen molar-refractivity contribution in [3.05, 3.63) is 113 Å². The molecule has 3 aromatic carbocycles. The van der Waals surface area contributed by atoms with Crippen LogP contribution in [0, 0.1) is 5.82 Å². The van der Waals surface area contributed by atoms with Crippen LogP contribution in [-0.2, 0) is 11.0 Å². The van der Waals surface area contributed by atoms with Gasteiger partial charge in [-0.05, 0) is 55.0 Å². The Morgan fingerprint density at radius 1 is 1.00 bits per heavy atom. The molecule has 2 heterocycles. The highest BCUT2D eigenvalue weighted by atomic mass is 19.4. The topological polar surface area (TPSA) is 105 Å². The summed E-state index contributed by atoms with van der Waals surface area (Å²) in [7, 11) is 0. The SMILES string of the molecule is CCN1C(=O)[C@H](NC(=O)c2cccc(C(F)(F)F)c2)[C@H](c2ccc(F)cc2)c2c(C(=O)O)nn(-c3ccccc3)c21. The molecule has 0 aliphatic carbocycles. The lowest BCUT2D eigenvalue weighted by Gasteiger charge is -2.38. The first kappa shape index (κ1) is 27.6. The highest BCUT2D eigenvalue weighted by Crippen LogP contribution is 2.43. The van der Waals surface area contributed by atoms with Crippen molar-refractivity contribution < 1.29 is 37.1 Å². The van der Waals surface area contributed by atoms with Gasteiger partial charge < -0.3 is 10.4 Å². The number of halogens is 4. The van der Waals surface area contributed by atoms with Gasteiger partial charge >= 0.3 is 12.1 Å². The van der Waals surface area contributed by atoms with Crippen molar-refractivity contribution in [2.24, 2.45) is 0 Å². The Labute approximate surface area is 230 Å². The Hall–Kier alpha value is -5.00. The third-order valence-corrected chi connectivity index (χ3v) is 6.82. The standard InChI is InChI=1S/C29H22F4N4O4/c1-2-36-26-22(24(28(40)41)35-37(26)20-9-4-3-5-10-20)21(16-11-13-19(30)14-12-16)23(27(36)39)34-25(38)17-7-6-8-18(15-17)29(31,32)33/h3-15,21,23H,2H2,1H3,(H,34,38)(H,40,41)/t21-,23-/m1/s1. The number of fused-ring (bicyclic) bond motifs is 1. The Morgan fingerprint density at radius 3 is 2.29 bits per heavy atom. The highest BCUT2D eigenvalue weighted by molar-refractivity contribution is 6.07. The lowest BCUT2D eigenvalue weighted by Crippen LogP contribution is -2.55. The molecule has 0 radical (unpaired) electrons. The van der Waals surface area contributed by atoms with Gasteiger partial charge in [-0.3, -0.25) is 14.5 Å². The van der Waals surface area contributed by atoms with Crippen LogP contribution in [0.25, 0.3) is 5.69 Å². The Kier molecular flexibility index (Phi) is 7.08. The number of para-hydroxylation sites is 1. The average molecular weight is 567 g/mol. The smallest absolute Gasteiger partial charge is 0.416 e. The molecule has 4 aromatic rings. The van der Waals surface area contributed by atoms with E-state index in [1.54, 1.807) is 37.3 Å². The van der Waals surface area contributed by atoms with Gasteiger partial charge in [0.2, 0.25) is 0 Å². The number of hydrogen-bond acceptors (Lipinski definition) is 4. The van der Waals surface area contributed by atoms with E-state index in [1.165, 1.54) is 27.8 Å². The van der Waals surface area contributed by atoms with Crippen molar-refractivity contribution in [2.45, 2.75) is 25.1 Å². The van der Waals surface area contributed by atoms with Crippen molar-refractivity contribution in [1.82, 2.24) is 15.1 Å². The van der Waals surface area contributed by atoms with E-state index in [0.717, 1.165) is 24.3 Å². The molecule has 0 saturated carbocycles. The van der Waals surface area contributed by atoms with Crippen molar-refractivity contribution in [3.63, 3.8) is 0 Å². The molecule has 41 heavy (non-hydrogen) atoms. The first-order valence-electron chi connectivity index (χ1n) is 12.5. The normalized spacial score (nSPS) is 16.8. The van der Waals surface area contributed by atoms with Crippen LogP contribution in [0.15, 0.2) is 78.9 Å². The van der Waals surface area contributed by atoms with Gasteiger partial charge in [-0.2, -0.15) is 18.3 Å². The molecule has 210 valence electrons. The molecule has 2 amide bonds. The maximum Gasteiger partial charge on any atom is 0.416 e. The molecular weight excluding hydrogens is 544 g/mol. The number of carbonyl (C=O) groups excluding carboxylic acids is 2. The highest BCUT2D eigenvalue weighted by Gasteiger charge is 2.47. The number of benzene rings is 3. The van der Waals surface area contributed by atoms with E-state index >= 15 is 0 Å². The number of rotatable bonds is 6. The summed E-state index contributed by atoms with van der Waals surface area (Å²) in [6.07, 6.45) is -4.70. The molecule has 0 fully saturated rings. The number of anilines is 1. The van der Waals surface area contributed by atoms with E-state index in [1.807, 2.05) is 0 Å². The van der Waals surface area contributed by atoms with E-state index in [0.29, 0.717) is 17.3 Å². The van der Waals surface area contributed by atoms with Crippen LogP contribution >= 0.6 is 0 Å². The first-order valence-corrected chi connectivity index (χ1v) is 12.5. The minimum absolute atomic E-state index is 0.0511. The maximum atomic E-state index is 14.0. The number of aromatic carboxylic acids is 1. The van der Waals surface area contributed by atoms with E-state index in [4.69, 9.17) is 0 Å². The third-order valence-electron chi connectivity index (χ3n) is 6.82. The molecule has 1 aliphatic rings. The second-order valence-electron chi connectivity index (χ2n) is 9.28. The van der Waals surface area contributed by atoms with E-state index < -0.39 is 53.0 Å². The number of carbonyl (C=O) groups is 3. The van der Waals surface area contributed by atoms with Crippen LogP contribution in [0.1, 0.15) is 50.4 Å². The summed E-state index contributed by atoms with van der Waals surface area (Å²) in [4.78, 5) is 41.0. The number of nitrogens with one attached hydrogen (secondary N) is 1. The molecule has 12 heteroatoms. The van der Waals surface area contributed by atoms with Gasteiger partial charge in [-0.15, -0.1) is 0 Å². The zero-order valence-corrected chi connectivity index (χ0v) is 21.4. The van der Waals surface area contributed by atoms with Gasteiger partial charge in [-0.1, -0.05) is 36.4 Å². The fourth-order valence-corrected chi connectivity index (χ4v) is 5.00. The summed E-state index contributed by atoms with van der Waals surface area (Å²) < 4.78 is 55.1. The van der Waals surface area contributed by atoms with Crippen molar-refractivity contribution >= 4 is 23.6 Å². The number of nitrogens with zero attached hydrogens (tertiary/aromatic N) is 3. The van der Waals surface area contributed by atoms with Gasteiger partial charge in [0.1, 0.15) is 17.7 Å². The van der Waals surface area contributed by atoms with Crippen LogP contribution in [0.2, 0.25) is 0 Å². The lowest BCUT2D eigenvalue weighted by atomic mass is 9.80. The zero-order chi connectivity index (χ0) is 29.5. The predicted molar refractivity (Wildman–Crippen MR) is 139 cm³/mol. The lowest BCUT2D eigenvalue weighted by molar-refractivity contribution is -0.137. The van der Waals surface area contributed by atoms with Crippen LogP contribution in [-0.4, -0.2) is 45.3 Å². The minimum atomic E-state index is -4.70. The molecule has 0 unspecified atom stereocenters. The third kappa shape index (κ3) is 5.04. The number of likely N-dealkylation sites (N-methyl/N-ethyl adjacent to an activating group) is 1. The maximum absolute atomic E-state index is 14.0. The average Bonchev–Trinajstić information content (AvgIpc) is 3.34. The molecule has 0 bridgehead atoms. The summed E-state index contributed by atoms with van der Waals surface area (Å²) in [6, 6.07) is 15.7. The quantitative estimate of drug-likeness (QED) is 0.319. The molecule has 5 rings (SSSR count). The second-order valence-corrected chi connectivity index (χ2v) is 9.28. The summed E-state index contributed by atoms with van der Waals surface area (Å²) in [5.74, 6) is -4.64. The Morgan fingerprint density at radius 2 is 1.68 bits per heavy atom. The number of carboxylic acids is 1. The molecule has 1 aliphatic heterocycles. The summed E-state index contributed by atoms with van der Waals surface area (Å²) in [5, 5.41) is 17.0. The molecule has 0 spiro atoms. The molecule has 2 atom stereocenters. The van der Waals surface area contributed by atoms with Crippen LogP contribution < -0.4 is 10.2 Å².